The van der Waals surface area contributed by atoms with E-state index in [4.69, 9.17) is 4.74 Å². The van der Waals surface area contributed by atoms with E-state index < -0.39 is 0 Å². The summed E-state index contributed by atoms with van der Waals surface area (Å²) < 4.78 is 5.26. The van der Waals surface area contributed by atoms with Crippen LogP contribution < -0.4 is 10.6 Å². The lowest BCUT2D eigenvalue weighted by Gasteiger charge is -2.23. The van der Waals surface area contributed by atoms with E-state index in [9.17, 15) is 4.79 Å². The summed E-state index contributed by atoms with van der Waals surface area (Å²) in [5, 5.41) is 5.81. The Morgan fingerprint density at radius 1 is 1.15 bits per heavy atom. The molecule has 2 rings (SSSR count). The Kier molecular flexibility index (Phi) is 2.68. The van der Waals surface area contributed by atoms with Crippen LogP contribution in [0.25, 0.3) is 0 Å². The zero-order chi connectivity index (χ0) is 9.10. The number of hydrogen-bond acceptors (Lipinski definition) is 2. The molecule has 13 heavy (non-hydrogen) atoms. The minimum Gasteiger partial charge on any atom is -0.379 e. The normalized spacial score (nSPS) is 28.2. The van der Waals surface area contributed by atoms with E-state index in [-0.39, 0.29) is 12.1 Å². The van der Waals surface area contributed by atoms with Crippen molar-refractivity contribution >= 4 is 6.03 Å². The maximum Gasteiger partial charge on any atom is 0.315 e. The van der Waals surface area contributed by atoms with Gasteiger partial charge in [0.15, 0.2) is 0 Å². The van der Waals surface area contributed by atoms with Crippen LogP contribution in [0.15, 0.2) is 0 Å². The Morgan fingerprint density at radius 3 is 2.54 bits per heavy atom. The van der Waals surface area contributed by atoms with Crippen molar-refractivity contribution in [1.29, 1.82) is 0 Å². The van der Waals surface area contributed by atoms with Gasteiger partial charge in [0.2, 0.25) is 0 Å². The van der Waals surface area contributed by atoms with Crippen LogP contribution in [0.3, 0.4) is 0 Å². The van der Waals surface area contributed by atoms with Crippen LogP contribution in [0, 0.1) is 0 Å². The molecule has 1 heterocycles. The van der Waals surface area contributed by atoms with Crippen molar-refractivity contribution < 1.29 is 9.53 Å². The standard InChI is InChI=1S/C9H16N2O2/c12-9(10-7-3-4-7)11-8-2-1-5-13-6-8/h7-8H,1-6H2,(H2,10,11,12). The predicted molar refractivity (Wildman–Crippen MR) is 48.5 cm³/mol. The van der Waals surface area contributed by atoms with Crippen molar-refractivity contribution in [3.05, 3.63) is 0 Å². The summed E-state index contributed by atoms with van der Waals surface area (Å²) in [6.45, 7) is 1.50. The zero-order valence-electron chi connectivity index (χ0n) is 7.71. The van der Waals surface area contributed by atoms with E-state index in [0.717, 1.165) is 32.3 Å². The monoisotopic (exact) mass is 184 g/mol. The van der Waals surface area contributed by atoms with Gasteiger partial charge in [0, 0.05) is 12.6 Å². The van der Waals surface area contributed by atoms with Crippen molar-refractivity contribution in [3.8, 4) is 0 Å². The summed E-state index contributed by atoms with van der Waals surface area (Å²) in [6.07, 6.45) is 4.36. The number of amides is 2. The first-order valence-corrected chi connectivity index (χ1v) is 4.99. The highest BCUT2D eigenvalue weighted by Crippen LogP contribution is 2.18. The summed E-state index contributed by atoms with van der Waals surface area (Å²) >= 11 is 0. The van der Waals surface area contributed by atoms with Crippen molar-refractivity contribution in [2.75, 3.05) is 13.2 Å². The molecule has 2 fully saturated rings. The fourth-order valence-corrected chi connectivity index (χ4v) is 1.49. The van der Waals surface area contributed by atoms with Crippen LogP contribution in [0.2, 0.25) is 0 Å². The lowest BCUT2D eigenvalue weighted by Crippen LogP contribution is -2.46. The molecule has 4 nitrogen and oxygen atoms in total. The van der Waals surface area contributed by atoms with Gasteiger partial charge in [0.25, 0.3) is 0 Å². The Morgan fingerprint density at radius 2 is 1.92 bits per heavy atom. The van der Waals surface area contributed by atoms with Crippen LogP contribution >= 0.6 is 0 Å². The number of rotatable bonds is 2. The Bertz CT molecular complexity index is 186. The molecule has 0 spiro atoms. The van der Waals surface area contributed by atoms with Gasteiger partial charge < -0.3 is 15.4 Å². The highest BCUT2D eigenvalue weighted by atomic mass is 16.5. The van der Waals surface area contributed by atoms with Crippen LogP contribution in [0.5, 0.6) is 0 Å². The van der Waals surface area contributed by atoms with E-state index >= 15 is 0 Å². The fourth-order valence-electron chi connectivity index (χ4n) is 1.49. The maximum absolute atomic E-state index is 11.3. The van der Waals surface area contributed by atoms with Gasteiger partial charge in [-0.05, 0) is 25.7 Å². The van der Waals surface area contributed by atoms with E-state index in [1.807, 2.05) is 0 Å². The molecule has 74 valence electrons. The van der Waals surface area contributed by atoms with Gasteiger partial charge in [0.05, 0.1) is 12.6 Å². The average molecular weight is 184 g/mol. The molecule has 1 saturated carbocycles. The molecule has 1 unspecified atom stereocenters. The van der Waals surface area contributed by atoms with Crippen LogP contribution in [-0.2, 0) is 4.74 Å². The van der Waals surface area contributed by atoms with Gasteiger partial charge in [-0.3, -0.25) is 0 Å². The van der Waals surface area contributed by atoms with Gasteiger partial charge >= 0.3 is 6.03 Å². The molecule has 2 amide bonds. The first-order valence-electron chi connectivity index (χ1n) is 4.99. The van der Waals surface area contributed by atoms with Crippen molar-refractivity contribution in [2.24, 2.45) is 0 Å². The second kappa shape index (κ2) is 3.96. The third-order valence-electron chi connectivity index (χ3n) is 2.41. The molecule has 1 aliphatic carbocycles. The van der Waals surface area contributed by atoms with Gasteiger partial charge in [-0.25, -0.2) is 4.79 Å². The largest absolute Gasteiger partial charge is 0.379 e. The van der Waals surface area contributed by atoms with Crippen LogP contribution in [-0.4, -0.2) is 31.3 Å². The molecule has 1 atom stereocenters. The summed E-state index contributed by atoms with van der Waals surface area (Å²) in [7, 11) is 0. The van der Waals surface area contributed by atoms with E-state index in [2.05, 4.69) is 10.6 Å². The van der Waals surface area contributed by atoms with E-state index in [1.165, 1.54) is 0 Å². The number of nitrogens with one attached hydrogen (secondary N) is 2. The summed E-state index contributed by atoms with van der Waals surface area (Å²) in [5.41, 5.74) is 0. The topological polar surface area (TPSA) is 50.4 Å². The lowest BCUT2D eigenvalue weighted by molar-refractivity contribution is 0.0732. The fraction of sp³-hybridized carbons (Fsp3) is 0.889. The lowest BCUT2D eigenvalue weighted by atomic mass is 10.1. The van der Waals surface area contributed by atoms with E-state index in [0.29, 0.717) is 12.6 Å². The molecule has 0 aromatic carbocycles. The number of carbonyl (C=O) groups is 1. The van der Waals surface area contributed by atoms with E-state index in [1.54, 1.807) is 0 Å². The number of ether oxygens (including phenoxy) is 1. The summed E-state index contributed by atoms with van der Waals surface area (Å²) in [5.74, 6) is 0. The second-order valence-corrected chi connectivity index (χ2v) is 3.81. The molecule has 1 saturated heterocycles. The number of hydrogen-bond donors (Lipinski definition) is 2. The summed E-state index contributed by atoms with van der Waals surface area (Å²) in [4.78, 5) is 11.3. The Hall–Kier alpha value is -0.770. The van der Waals surface area contributed by atoms with Crippen molar-refractivity contribution in [2.45, 2.75) is 37.8 Å². The Labute approximate surface area is 78.0 Å². The minimum absolute atomic E-state index is 0.0296. The SMILES string of the molecule is O=C(NC1CC1)NC1CCCOC1. The quantitative estimate of drug-likeness (QED) is 0.661. The van der Waals surface area contributed by atoms with Crippen molar-refractivity contribution in [3.63, 3.8) is 0 Å². The average Bonchev–Trinajstić information content (AvgIpc) is 2.90. The first kappa shape index (κ1) is 8.81. The molecule has 0 aromatic rings. The smallest absolute Gasteiger partial charge is 0.315 e. The Balaban J connectivity index is 1.66. The maximum atomic E-state index is 11.3. The molecular formula is C9H16N2O2. The molecular weight excluding hydrogens is 168 g/mol. The minimum atomic E-state index is -0.0296. The van der Waals surface area contributed by atoms with Gasteiger partial charge in [-0.15, -0.1) is 0 Å². The molecule has 0 radical (unpaired) electrons. The third kappa shape index (κ3) is 2.88. The predicted octanol–water partition coefficient (Wildman–Crippen LogP) is 0.627. The number of urea groups is 1. The van der Waals surface area contributed by atoms with Crippen LogP contribution in [0.1, 0.15) is 25.7 Å². The van der Waals surface area contributed by atoms with Gasteiger partial charge in [-0.1, -0.05) is 0 Å². The number of carbonyl (C=O) groups excluding carboxylic acids is 1. The first-order chi connectivity index (χ1) is 6.34. The van der Waals surface area contributed by atoms with Crippen molar-refractivity contribution in [1.82, 2.24) is 10.6 Å². The highest BCUT2D eigenvalue weighted by molar-refractivity contribution is 5.74. The molecule has 4 heteroatoms. The van der Waals surface area contributed by atoms with Gasteiger partial charge in [0.1, 0.15) is 0 Å². The molecule has 0 bridgehead atoms. The summed E-state index contributed by atoms with van der Waals surface area (Å²) in [6, 6.07) is 0.620. The highest BCUT2D eigenvalue weighted by Gasteiger charge is 2.24. The zero-order valence-corrected chi connectivity index (χ0v) is 7.71. The molecule has 1 aliphatic heterocycles. The molecule has 0 aromatic heterocycles. The molecule has 2 N–H and O–H groups in total. The second-order valence-electron chi connectivity index (χ2n) is 3.81. The third-order valence-corrected chi connectivity index (χ3v) is 2.41. The molecule has 2 aliphatic rings. The van der Waals surface area contributed by atoms with Crippen LogP contribution in [0.4, 0.5) is 4.79 Å². The van der Waals surface area contributed by atoms with Gasteiger partial charge in [-0.2, -0.15) is 0 Å².